The molecule has 0 aromatic heterocycles. The number of aryl methyl sites for hydroxylation is 2. The van der Waals surface area contributed by atoms with Gasteiger partial charge in [0.2, 0.25) is 5.91 Å². The number of ketones is 2. The van der Waals surface area contributed by atoms with Gasteiger partial charge in [0.1, 0.15) is 30.4 Å². The van der Waals surface area contributed by atoms with Crippen molar-refractivity contribution in [2.45, 2.75) is 52.4 Å². The number of hydrazone groups is 1. The monoisotopic (exact) mass is 448 g/mol. The number of carbonyl (C=O) groups is 3. The molecular weight excluding hydrogens is 416 g/mol. The van der Waals surface area contributed by atoms with Crippen molar-refractivity contribution in [2.24, 2.45) is 15.5 Å². The van der Waals surface area contributed by atoms with Crippen LogP contribution in [0.3, 0.4) is 0 Å². The van der Waals surface area contributed by atoms with Gasteiger partial charge in [-0.05, 0) is 67.9 Å². The Balaban J connectivity index is 1.70. The molecule has 1 aliphatic heterocycles. The summed E-state index contributed by atoms with van der Waals surface area (Å²) >= 11 is 0. The first-order valence-corrected chi connectivity index (χ1v) is 11.3. The molecule has 7 heteroatoms. The van der Waals surface area contributed by atoms with Crippen molar-refractivity contribution in [3.05, 3.63) is 34.4 Å². The minimum absolute atomic E-state index is 0.00672. The van der Waals surface area contributed by atoms with E-state index in [9.17, 15) is 14.4 Å². The third-order valence-electron chi connectivity index (χ3n) is 6.80. The number of nitrogens with zero attached hydrogens (tertiary/aromatic N) is 4. The number of likely N-dealkylation sites (tertiary alicyclic amines) is 1. The molecule has 0 atom stereocenters. The van der Waals surface area contributed by atoms with Gasteiger partial charge in [0.05, 0.1) is 0 Å². The smallest absolute Gasteiger partial charge is 0.244 e. The van der Waals surface area contributed by atoms with E-state index < -0.39 is 5.92 Å². The largest absolute Gasteiger partial charge is 0.341 e. The lowest BCUT2D eigenvalue weighted by molar-refractivity contribution is -0.140. The highest BCUT2D eigenvalue weighted by molar-refractivity contribution is 6.10. The van der Waals surface area contributed by atoms with Crippen LogP contribution in [0.4, 0.5) is 0 Å². The summed E-state index contributed by atoms with van der Waals surface area (Å²) in [7, 11) is 1.61. The quantitative estimate of drug-likeness (QED) is 0.228. The lowest BCUT2D eigenvalue weighted by Gasteiger charge is -2.45. The summed E-state index contributed by atoms with van der Waals surface area (Å²) in [6.45, 7) is 10.3. The van der Waals surface area contributed by atoms with Crippen molar-refractivity contribution in [1.29, 1.82) is 0 Å². The Morgan fingerprint density at radius 1 is 1.21 bits per heavy atom. The van der Waals surface area contributed by atoms with E-state index in [-0.39, 0.29) is 29.4 Å². The Labute approximate surface area is 195 Å². The van der Waals surface area contributed by atoms with E-state index in [2.05, 4.69) is 28.7 Å². The fraction of sp³-hybridized carbons (Fsp3) is 0.500. The molecular formula is C26H32N4O3. The molecule has 2 aliphatic rings. The average molecular weight is 449 g/mol. The van der Waals surface area contributed by atoms with Gasteiger partial charge in [-0.2, -0.15) is 5.10 Å². The molecule has 1 saturated carbocycles. The molecule has 1 aromatic rings. The number of aliphatic imine (C=N–C) groups is 1. The molecule has 0 N–H and O–H groups in total. The van der Waals surface area contributed by atoms with Gasteiger partial charge in [0.25, 0.3) is 0 Å². The molecule has 0 radical (unpaired) electrons. The van der Waals surface area contributed by atoms with Crippen LogP contribution in [0.2, 0.25) is 0 Å². The zero-order chi connectivity index (χ0) is 24.2. The van der Waals surface area contributed by atoms with Gasteiger partial charge in [0, 0.05) is 45.3 Å². The summed E-state index contributed by atoms with van der Waals surface area (Å²) in [4.78, 5) is 44.8. The van der Waals surface area contributed by atoms with Crippen LogP contribution < -0.4 is 0 Å². The highest BCUT2D eigenvalue weighted by Crippen LogP contribution is 2.46. The number of hydrogen-bond donors (Lipinski definition) is 0. The maximum absolute atomic E-state index is 13.3. The van der Waals surface area contributed by atoms with Crippen LogP contribution in [-0.2, 0) is 14.4 Å². The number of Topliss-reactive ketones (excluding diaryl/α,β-unsaturated/α-hetero) is 2. The highest BCUT2D eigenvalue weighted by Gasteiger charge is 2.47. The number of piperidine rings is 1. The van der Waals surface area contributed by atoms with Gasteiger partial charge in [-0.15, -0.1) is 5.92 Å². The first-order valence-electron chi connectivity index (χ1n) is 11.3. The fourth-order valence-electron chi connectivity index (χ4n) is 5.24. The van der Waals surface area contributed by atoms with Crippen molar-refractivity contribution < 1.29 is 14.4 Å². The van der Waals surface area contributed by atoms with Crippen LogP contribution in [0, 0.1) is 31.1 Å². The summed E-state index contributed by atoms with van der Waals surface area (Å²) in [5, 5.41) is 5.17. The van der Waals surface area contributed by atoms with E-state index in [1.807, 2.05) is 26.0 Å². The number of benzene rings is 1. The van der Waals surface area contributed by atoms with Crippen LogP contribution in [0.25, 0.3) is 0 Å². The second kappa shape index (κ2) is 10.1. The lowest BCUT2D eigenvalue weighted by atomic mass is 9.62. The topological polar surface area (TPSA) is 82.4 Å². The SMILES string of the molecule is C=NN(C=NC)CC(=O)N1CCC2(CC1)CC(=O)C(c1c(C)cc(C#CC)cc1C)C(=O)C2. The van der Waals surface area contributed by atoms with E-state index >= 15 is 0 Å². The van der Waals surface area contributed by atoms with Crippen LogP contribution in [0.1, 0.15) is 60.8 Å². The van der Waals surface area contributed by atoms with Gasteiger partial charge in [-0.1, -0.05) is 5.92 Å². The second-order valence-electron chi connectivity index (χ2n) is 9.11. The number of rotatable bonds is 5. The predicted molar refractivity (Wildman–Crippen MR) is 129 cm³/mol. The minimum Gasteiger partial charge on any atom is -0.341 e. The molecule has 1 spiro atoms. The van der Waals surface area contributed by atoms with E-state index in [1.165, 1.54) is 11.3 Å². The highest BCUT2D eigenvalue weighted by atomic mass is 16.2. The molecule has 1 amide bonds. The number of hydrogen-bond acceptors (Lipinski definition) is 5. The molecule has 33 heavy (non-hydrogen) atoms. The van der Waals surface area contributed by atoms with Crippen molar-refractivity contribution >= 4 is 30.5 Å². The molecule has 1 aromatic carbocycles. The molecule has 1 aliphatic carbocycles. The molecule has 3 rings (SSSR count). The summed E-state index contributed by atoms with van der Waals surface area (Å²) in [6, 6.07) is 3.91. The van der Waals surface area contributed by atoms with Crippen LogP contribution >= 0.6 is 0 Å². The van der Waals surface area contributed by atoms with E-state index in [0.717, 1.165) is 22.3 Å². The normalized spacial score (nSPS) is 18.4. The van der Waals surface area contributed by atoms with Crippen LogP contribution in [0.5, 0.6) is 0 Å². The Kier molecular flexibility index (Phi) is 7.47. The van der Waals surface area contributed by atoms with Crippen LogP contribution in [0.15, 0.2) is 22.2 Å². The molecule has 174 valence electrons. The molecule has 2 fully saturated rings. The molecule has 7 nitrogen and oxygen atoms in total. The fourth-order valence-corrected chi connectivity index (χ4v) is 5.24. The zero-order valence-electron chi connectivity index (χ0n) is 20.0. The molecule has 0 unspecified atom stereocenters. The maximum atomic E-state index is 13.3. The Bertz CT molecular complexity index is 1010. The number of carbonyl (C=O) groups excluding carboxylic acids is 3. The first kappa shape index (κ1) is 24.4. The summed E-state index contributed by atoms with van der Waals surface area (Å²) < 4.78 is 0. The Hall–Kier alpha value is -3.27. The van der Waals surface area contributed by atoms with Crippen molar-refractivity contribution in [1.82, 2.24) is 9.91 Å². The molecule has 0 bridgehead atoms. The number of amides is 1. The standard InChI is InChI=1S/C26H32N4O3/c1-6-7-20-12-18(2)24(19(3)13-20)25-21(31)14-26(15-22(25)32)8-10-29(11-9-26)23(33)16-30(28-5)17-27-4/h12-13,17,25H,5,8-11,14-16H2,1-4H3. The first-order chi connectivity index (χ1) is 15.7. The van der Waals surface area contributed by atoms with Gasteiger partial charge in [0.15, 0.2) is 0 Å². The third-order valence-corrected chi connectivity index (χ3v) is 6.80. The van der Waals surface area contributed by atoms with E-state index in [0.29, 0.717) is 38.8 Å². The zero-order valence-corrected chi connectivity index (χ0v) is 20.0. The maximum Gasteiger partial charge on any atom is 0.244 e. The summed E-state index contributed by atoms with van der Waals surface area (Å²) in [5.74, 6) is 5.18. The minimum atomic E-state index is -0.695. The van der Waals surface area contributed by atoms with Gasteiger partial charge >= 0.3 is 0 Å². The lowest BCUT2D eigenvalue weighted by Crippen LogP contribution is -2.49. The predicted octanol–water partition coefficient (Wildman–Crippen LogP) is 2.87. The summed E-state index contributed by atoms with van der Waals surface area (Å²) in [5.41, 5.74) is 3.26. The van der Waals surface area contributed by atoms with Crippen molar-refractivity contribution in [2.75, 3.05) is 26.7 Å². The van der Waals surface area contributed by atoms with E-state index in [1.54, 1.807) is 18.9 Å². The van der Waals surface area contributed by atoms with Gasteiger partial charge in [-0.25, -0.2) is 5.01 Å². The second-order valence-corrected chi connectivity index (χ2v) is 9.11. The molecule has 1 saturated heterocycles. The Morgan fingerprint density at radius 3 is 2.27 bits per heavy atom. The van der Waals surface area contributed by atoms with Crippen molar-refractivity contribution in [3.63, 3.8) is 0 Å². The average Bonchev–Trinajstić information content (AvgIpc) is 2.75. The summed E-state index contributed by atoms with van der Waals surface area (Å²) in [6.07, 6.45) is 3.51. The Morgan fingerprint density at radius 2 is 1.79 bits per heavy atom. The van der Waals surface area contributed by atoms with E-state index in [4.69, 9.17) is 0 Å². The van der Waals surface area contributed by atoms with Gasteiger partial charge in [-0.3, -0.25) is 19.4 Å². The van der Waals surface area contributed by atoms with Gasteiger partial charge < -0.3 is 4.90 Å². The van der Waals surface area contributed by atoms with Crippen molar-refractivity contribution in [3.8, 4) is 11.8 Å². The van der Waals surface area contributed by atoms with Crippen LogP contribution in [-0.4, -0.2) is 67.1 Å². The molecule has 1 heterocycles. The third kappa shape index (κ3) is 5.22.